The number of nitrogens with zero attached hydrogens (tertiary/aromatic N) is 1. The van der Waals surface area contributed by atoms with Crippen LogP contribution in [-0.4, -0.2) is 36.3 Å². The average Bonchev–Trinajstić information content (AvgIpc) is 2.98. The molecule has 1 aliphatic heterocycles. The highest BCUT2D eigenvalue weighted by atomic mass is 32.2. The highest BCUT2D eigenvalue weighted by Crippen LogP contribution is 2.35. The maximum absolute atomic E-state index is 14.1. The highest BCUT2D eigenvalue weighted by molar-refractivity contribution is 7.99. The lowest BCUT2D eigenvalue weighted by atomic mass is 10.1. The number of benzene rings is 3. The summed E-state index contributed by atoms with van der Waals surface area (Å²) < 4.78 is 19.8. The fourth-order valence-electron chi connectivity index (χ4n) is 3.50. The SMILES string of the molecule is O=C(COc1ccc2ccccc2c1)N1CCSC(c2ccccc2F)CC1. The van der Waals surface area contributed by atoms with Crippen LogP contribution in [0.4, 0.5) is 4.39 Å². The Bertz CT molecular complexity index is 977. The number of hydrogen-bond acceptors (Lipinski definition) is 3. The summed E-state index contributed by atoms with van der Waals surface area (Å²) in [6.07, 6.45) is 0.743. The first-order valence-electron chi connectivity index (χ1n) is 9.46. The summed E-state index contributed by atoms with van der Waals surface area (Å²) in [5.74, 6) is 1.30. The Morgan fingerprint density at radius 3 is 2.68 bits per heavy atom. The van der Waals surface area contributed by atoms with Crippen molar-refractivity contribution in [1.29, 1.82) is 0 Å². The van der Waals surface area contributed by atoms with E-state index in [2.05, 4.69) is 0 Å². The average molecular weight is 395 g/mol. The van der Waals surface area contributed by atoms with Crippen LogP contribution in [0.2, 0.25) is 0 Å². The van der Waals surface area contributed by atoms with Crippen molar-refractivity contribution in [3.8, 4) is 5.75 Å². The number of rotatable bonds is 4. The Kier molecular flexibility index (Phi) is 5.81. The standard InChI is InChI=1S/C23H22FNO2S/c24-21-8-4-3-7-20(21)22-11-12-25(13-14-28-22)23(26)16-27-19-10-9-17-5-1-2-6-18(17)15-19/h1-10,15,22H,11-14,16H2. The third kappa shape index (κ3) is 4.30. The van der Waals surface area contributed by atoms with Crippen molar-refractivity contribution < 1.29 is 13.9 Å². The highest BCUT2D eigenvalue weighted by Gasteiger charge is 2.23. The zero-order valence-electron chi connectivity index (χ0n) is 15.5. The Labute approximate surface area is 168 Å². The van der Waals surface area contributed by atoms with Gasteiger partial charge in [-0.2, -0.15) is 11.8 Å². The minimum absolute atomic E-state index is 0.0212. The topological polar surface area (TPSA) is 29.5 Å². The molecule has 1 heterocycles. The van der Waals surface area contributed by atoms with E-state index in [1.54, 1.807) is 17.8 Å². The summed E-state index contributed by atoms with van der Waals surface area (Å²) in [5, 5.41) is 2.32. The molecule has 0 bridgehead atoms. The molecule has 28 heavy (non-hydrogen) atoms. The van der Waals surface area contributed by atoms with Gasteiger partial charge in [0.25, 0.3) is 5.91 Å². The third-order valence-corrected chi connectivity index (χ3v) is 6.34. The summed E-state index contributed by atoms with van der Waals surface area (Å²) in [4.78, 5) is 14.4. The number of hydrogen-bond donors (Lipinski definition) is 0. The molecular weight excluding hydrogens is 373 g/mol. The lowest BCUT2D eigenvalue weighted by Crippen LogP contribution is -2.36. The second-order valence-corrected chi connectivity index (χ2v) is 8.16. The van der Waals surface area contributed by atoms with E-state index >= 15 is 0 Å². The van der Waals surface area contributed by atoms with Gasteiger partial charge >= 0.3 is 0 Å². The van der Waals surface area contributed by atoms with Crippen LogP contribution in [0.25, 0.3) is 10.8 Å². The molecule has 5 heteroatoms. The molecular formula is C23H22FNO2S. The fourth-order valence-corrected chi connectivity index (χ4v) is 4.75. The summed E-state index contributed by atoms with van der Waals surface area (Å²) >= 11 is 1.71. The molecule has 1 saturated heterocycles. The smallest absolute Gasteiger partial charge is 0.260 e. The van der Waals surface area contributed by atoms with E-state index in [4.69, 9.17) is 4.74 Å². The van der Waals surface area contributed by atoms with Gasteiger partial charge in [-0.05, 0) is 35.4 Å². The largest absolute Gasteiger partial charge is 0.484 e. The molecule has 0 saturated carbocycles. The zero-order valence-corrected chi connectivity index (χ0v) is 16.3. The quantitative estimate of drug-likeness (QED) is 0.618. The predicted molar refractivity (Wildman–Crippen MR) is 112 cm³/mol. The van der Waals surface area contributed by atoms with Gasteiger partial charge in [-0.15, -0.1) is 0 Å². The van der Waals surface area contributed by atoms with Crippen molar-refractivity contribution in [1.82, 2.24) is 4.90 Å². The first-order chi connectivity index (χ1) is 13.7. The maximum atomic E-state index is 14.1. The second-order valence-electron chi connectivity index (χ2n) is 6.85. The van der Waals surface area contributed by atoms with Gasteiger partial charge in [-0.25, -0.2) is 4.39 Å². The van der Waals surface area contributed by atoms with Crippen LogP contribution >= 0.6 is 11.8 Å². The minimum Gasteiger partial charge on any atom is -0.484 e. The van der Waals surface area contributed by atoms with Crippen LogP contribution < -0.4 is 4.74 Å². The fraction of sp³-hybridized carbons (Fsp3) is 0.261. The molecule has 0 radical (unpaired) electrons. The number of fused-ring (bicyclic) bond motifs is 1. The molecule has 1 fully saturated rings. The molecule has 1 aliphatic rings. The molecule has 1 amide bonds. The maximum Gasteiger partial charge on any atom is 0.260 e. The van der Waals surface area contributed by atoms with Crippen molar-refractivity contribution in [2.75, 3.05) is 25.4 Å². The molecule has 1 atom stereocenters. The summed E-state index contributed by atoms with van der Waals surface area (Å²) in [7, 11) is 0. The van der Waals surface area contributed by atoms with E-state index in [1.165, 1.54) is 6.07 Å². The Balaban J connectivity index is 1.35. The van der Waals surface area contributed by atoms with Crippen molar-refractivity contribution >= 4 is 28.4 Å². The molecule has 0 N–H and O–H groups in total. The molecule has 0 aromatic heterocycles. The molecule has 4 rings (SSSR count). The van der Waals surface area contributed by atoms with Gasteiger partial charge < -0.3 is 9.64 Å². The van der Waals surface area contributed by atoms with E-state index in [0.29, 0.717) is 18.8 Å². The number of thioether (sulfide) groups is 1. The Morgan fingerprint density at radius 1 is 1.04 bits per heavy atom. The first-order valence-corrected chi connectivity index (χ1v) is 10.5. The molecule has 0 spiro atoms. The summed E-state index contributed by atoms with van der Waals surface area (Å²) in [5.41, 5.74) is 0.731. The predicted octanol–water partition coefficient (Wildman–Crippen LogP) is 5.06. The van der Waals surface area contributed by atoms with Crippen LogP contribution in [0.3, 0.4) is 0 Å². The summed E-state index contributed by atoms with van der Waals surface area (Å²) in [6.45, 7) is 1.30. The lowest BCUT2D eigenvalue weighted by molar-refractivity contribution is -0.133. The summed E-state index contributed by atoms with van der Waals surface area (Å²) in [6, 6.07) is 20.8. The van der Waals surface area contributed by atoms with E-state index < -0.39 is 0 Å². The molecule has 1 unspecified atom stereocenters. The van der Waals surface area contributed by atoms with Gasteiger partial charge in [0.2, 0.25) is 0 Å². The Morgan fingerprint density at radius 2 is 1.82 bits per heavy atom. The molecule has 3 aromatic rings. The van der Waals surface area contributed by atoms with Gasteiger partial charge in [0.05, 0.1) is 0 Å². The van der Waals surface area contributed by atoms with Crippen molar-refractivity contribution in [2.45, 2.75) is 11.7 Å². The van der Waals surface area contributed by atoms with Gasteiger partial charge in [0.1, 0.15) is 11.6 Å². The zero-order chi connectivity index (χ0) is 19.3. The van der Waals surface area contributed by atoms with Crippen molar-refractivity contribution in [2.24, 2.45) is 0 Å². The number of ether oxygens (including phenoxy) is 1. The van der Waals surface area contributed by atoms with Crippen LogP contribution in [-0.2, 0) is 4.79 Å². The third-order valence-electron chi connectivity index (χ3n) is 5.03. The number of halogens is 1. The normalized spacial score (nSPS) is 17.3. The van der Waals surface area contributed by atoms with E-state index in [0.717, 1.165) is 28.5 Å². The van der Waals surface area contributed by atoms with Crippen molar-refractivity contribution in [3.05, 3.63) is 78.1 Å². The number of carbonyl (C=O) groups excluding carboxylic acids is 1. The van der Waals surface area contributed by atoms with Crippen LogP contribution in [0.1, 0.15) is 17.2 Å². The molecule has 3 nitrogen and oxygen atoms in total. The van der Waals surface area contributed by atoms with E-state index in [9.17, 15) is 9.18 Å². The molecule has 3 aromatic carbocycles. The van der Waals surface area contributed by atoms with Crippen molar-refractivity contribution in [3.63, 3.8) is 0 Å². The van der Waals surface area contributed by atoms with Crippen LogP contribution in [0.15, 0.2) is 66.7 Å². The monoisotopic (exact) mass is 395 g/mol. The Hall–Kier alpha value is -2.53. The number of amides is 1. The van der Waals surface area contributed by atoms with E-state index in [-0.39, 0.29) is 23.6 Å². The first kappa shape index (κ1) is 18.8. The van der Waals surface area contributed by atoms with E-state index in [1.807, 2.05) is 59.5 Å². The number of carbonyl (C=O) groups is 1. The minimum atomic E-state index is -0.167. The lowest BCUT2D eigenvalue weighted by Gasteiger charge is -2.20. The van der Waals surface area contributed by atoms with Gasteiger partial charge in [-0.3, -0.25) is 4.79 Å². The van der Waals surface area contributed by atoms with Crippen LogP contribution in [0.5, 0.6) is 5.75 Å². The molecule has 0 aliphatic carbocycles. The van der Waals surface area contributed by atoms with Crippen LogP contribution in [0, 0.1) is 5.82 Å². The molecule has 144 valence electrons. The van der Waals surface area contributed by atoms with Gasteiger partial charge in [0.15, 0.2) is 6.61 Å². The second kappa shape index (κ2) is 8.65. The van der Waals surface area contributed by atoms with Gasteiger partial charge in [0, 0.05) is 29.7 Å². The van der Waals surface area contributed by atoms with Gasteiger partial charge in [-0.1, -0.05) is 48.5 Å².